The van der Waals surface area contributed by atoms with Gasteiger partial charge in [-0.3, -0.25) is 0 Å². The lowest BCUT2D eigenvalue weighted by atomic mass is 10.1. The molecular weight excluding hydrogens is 278 g/mol. The minimum Gasteiger partial charge on any atom is -0.497 e. The minimum absolute atomic E-state index is 0.0182. The lowest BCUT2D eigenvalue weighted by Gasteiger charge is -2.32. The number of hydrogen-bond acceptors (Lipinski definition) is 4. The Hall–Kier alpha value is -1.27. The van der Waals surface area contributed by atoms with Gasteiger partial charge in [0.1, 0.15) is 16.4 Å². The van der Waals surface area contributed by atoms with Crippen molar-refractivity contribution in [2.24, 2.45) is 0 Å². The zero-order chi connectivity index (χ0) is 14.8. The molecule has 1 aliphatic heterocycles. The number of methoxy groups -OCH3 is 2. The highest BCUT2D eigenvalue weighted by atomic mass is 32.2. The van der Waals surface area contributed by atoms with E-state index in [9.17, 15) is 8.42 Å². The standard InChI is InChI=1S/C14H21NO4S/c1-11-6-4-5-9-15(11)20(16,17)14-10-12(18-2)7-8-13(14)19-3/h7-8,10-11H,4-6,9H2,1-3H3/t11-/m1/s1. The van der Waals surface area contributed by atoms with Crippen molar-refractivity contribution < 1.29 is 17.9 Å². The zero-order valence-corrected chi connectivity index (χ0v) is 12.9. The number of hydrogen-bond donors (Lipinski definition) is 0. The normalized spacial score (nSPS) is 20.6. The average molecular weight is 299 g/mol. The first-order valence-corrected chi connectivity index (χ1v) is 8.18. The first kappa shape index (κ1) is 15.1. The Labute approximate surface area is 120 Å². The molecule has 1 atom stereocenters. The summed E-state index contributed by atoms with van der Waals surface area (Å²) in [5.41, 5.74) is 0. The maximum Gasteiger partial charge on any atom is 0.247 e. The van der Waals surface area contributed by atoms with Crippen LogP contribution in [0.3, 0.4) is 0 Å². The largest absolute Gasteiger partial charge is 0.497 e. The molecule has 0 bridgehead atoms. The van der Waals surface area contributed by atoms with E-state index in [1.165, 1.54) is 20.3 Å². The van der Waals surface area contributed by atoms with Crippen LogP contribution < -0.4 is 9.47 Å². The molecule has 0 radical (unpaired) electrons. The quantitative estimate of drug-likeness (QED) is 0.856. The summed E-state index contributed by atoms with van der Waals surface area (Å²) in [6.07, 6.45) is 2.86. The van der Waals surface area contributed by atoms with Crippen LogP contribution in [0.15, 0.2) is 23.1 Å². The molecular formula is C14H21NO4S. The Balaban J connectivity index is 2.47. The van der Waals surface area contributed by atoms with Crippen LogP contribution in [0.2, 0.25) is 0 Å². The molecule has 0 saturated carbocycles. The van der Waals surface area contributed by atoms with E-state index < -0.39 is 10.0 Å². The summed E-state index contributed by atoms with van der Waals surface area (Å²) < 4.78 is 37.6. The van der Waals surface area contributed by atoms with Crippen LogP contribution in [0.1, 0.15) is 26.2 Å². The second-order valence-corrected chi connectivity index (χ2v) is 6.84. The van der Waals surface area contributed by atoms with Gasteiger partial charge in [-0.25, -0.2) is 8.42 Å². The average Bonchev–Trinajstić information content (AvgIpc) is 2.46. The molecule has 2 rings (SSSR count). The molecule has 1 saturated heterocycles. The number of benzene rings is 1. The third-order valence-corrected chi connectivity index (χ3v) is 5.73. The predicted molar refractivity (Wildman–Crippen MR) is 76.8 cm³/mol. The molecule has 0 unspecified atom stereocenters. The molecule has 0 amide bonds. The van der Waals surface area contributed by atoms with Gasteiger partial charge in [-0.15, -0.1) is 0 Å². The van der Waals surface area contributed by atoms with Crippen molar-refractivity contribution in [3.05, 3.63) is 18.2 Å². The molecule has 0 spiro atoms. The van der Waals surface area contributed by atoms with Gasteiger partial charge in [-0.2, -0.15) is 4.31 Å². The molecule has 1 aliphatic rings. The highest BCUT2D eigenvalue weighted by molar-refractivity contribution is 7.89. The van der Waals surface area contributed by atoms with Crippen LogP contribution in [0.25, 0.3) is 0 Å². The fourth-order valence-electron chi connectivity index (χ4n) is 2.54. The van der Waals surface area contributed by atoms with Crippen molar-refractivity contribution in [1.82, 2.24) is 4.31 Å². The van der Waals surface area contributed by atoms with Gasteiger partial charge in [0.25, 0.3) is 0 Å². The fraction of sp³-hybridized carbons (Fsp3) is 0.571. The van der Waals surface area contributed by atoms with Crippen molar-refractivity contribution in [2.75, 3.05) is 20.8 Å². The molecule has 5 nitrogen and oxygen atoms in total. The zero-order valence-electron chi connectivity index (χ0n) is 12.1. The van der Waals surface area contributed by atoms with E-state index in [0.717, 1.165) is 19.3 Å². The Morgan fingerprint density at radius 3 is 2.55 bits per heavy atom. The van der Waals surface area contributed by atoms with Crippen molar-refractivity contribution in [2.45, 2.75) is 37.1 Å². The Bertz CT molecular complexity index is 571. The summed E-state index contributed by atoms with van der Waals surface area (Å²) in [5, 5.41) is 0. The van der Waals surface area contributed by atoms with Gasteiger partial charge in [-0.1, -0.05) is 6.42 Å². The summed E-state index contributed by atoms with van der Waals surface area (Å²) in [5.74, 6) is 0.859. The molecule has 1 fully saturated rings. The summed E-state index contributed by atoms with van der Waals surface area (Å²) in [6.45, 7) is 2.51. The van der Waals surface area contributed by atoms with Crippen LogP contribution in [0, 0.1) is 0 Å². The van der Waals surface area contributed by atoms with Crippen molar-refractivity contribution in [3.8, 4) is 11.5 Å². The van der Waals surface area contributed by atoms with Gasteiger partial charge in [0.2, 0.25) is 10.0 Å². The summed E-state index contributed by atoms with van der Waals surface area (Å²) in [4.78, 5) is 0.174. The number of nitrogens with zero attached hydrogens (tertiary/aromatic N) is 1. The van der Waals surface area contributed by atoms with E-state index >= 15 is 0 Å². The maximum absolute atomic E-state index is 12.8. The Morgan fingerprint density at radius 2 is 1.95 bits per heavy atom. The smallest absolute Gasteiger partial charge is 0.247 e. The summed E-state index contributed by atoms with van der Waals surface area (Å²) in [7, 11) is -0.570. The lowest BCUT2D eigenvalue weighted by molar-refractivity contribution is 0.267. The first-order chi connectivity index (χ1) is 9.50. The topological polar surface area (TPSA) is 55.8 Å². The Morgan fingerprint density at radius 1 is 1.20 bits per heavy atom. The van der Waals surface area contributed by atoms with Crippen LogP contribution in [0.4, 0.5) is 0 Å². The van der Waals surface area contributed by atoms with Crippen LogP contribution in [-0.2, 0) is 10.0 Å². The molecule has 0 N–H and O–H groups in total. The van der Waals surface area contributed by atoms with Crippen LogP contribution >= 0.6 is 0 Å². The SMILES string of the molecule is COc1ccc(OC)c(S(=O)(=O)N2CCCC[C@H]2C)c1. The molecule has 1 aromatic carbocycles. The van der Waals surface area contributed by atoms with Gasteiger partial charge < -0.3 is 9.47 Å². The van der Waals surface area contributed by atoms with Crippen molar-refractivity contribution >= 4 is 10.0 Å². The molecule has 1 aromatic rings. The molecule has 0 aromatic heterocycles. The van der Waals surface area contributed by atoms with E-state index in [-0.39, 0.29) is 10.9 Å². The summed E-state index contributed by atoms with van der Waals surface area (Å²) >= 11 is 0. The molecule has 20 heavy (non-hydrogen) atoms. The van der Waals surface area contributed by atoms with Crippen LogP contribution in [0.5, 0.6) is 11.5 Å². The van der Waals surface area contributed by atoms with E-state index in [1.54, 1.807) is 16.4 Å². The predicted octanol–water partition coefficient (Wildman–Crippen LogP) is 2.27. The van der Waals surface area contributed by atoms with Crippen molar-refractivity contribution in [3.63, 3.8) is 0 Å². The molecule has 1 heterocycles. The van der Waals surface area contributed by atoms with E-state index in [0.29, 0.717) is 18.0 Å². The number of rotatable bonds is 4. The van der Waals surface area contributed by atoms with Gasteiger partial charge in [0.05, 0.1) is 14.2 Å². The van der Waals surface area contributed by atoms with Crippen LogP contribution in [-0.4, -0.2) is 39.5 Å². The molecule has 0 aliphatic carbocycles. The van der Waals surface area contributed by atoms with Gasteiger partial charge in [-0.05, 0) is 31.9 Å². The van der Waals surface area contributed by atoms with E-state index in [4.69, 9.17) is 9.47 Å². The fourth-order valence-corrected chi connectivity index (χ4v) is 4.41. The second-order valence-electron chi connectivity index (χ2n) is 4.98. The number of sulfonamides is 1. The Kier molecular flexibility index (Phi) is 4.55. The molecule has 112 valence electrons. The lowest BCUT2D eigenvalue weighted by Crippen LogP contribution is -2.42. The highest BCUT2D eigenvalue weighted by Gasteiger charge is 2.33. The minimum atomic E-state index is -3.56. The van der Waals surface area contributed by atoms with Gasteiger partial charge in [0, 0.05) is 18.7 Å². The monoisotopic (exact) mass is 299 g/mol. The second kappa shape index (κ2) is 6.01. The van der Waals surface area contributed by atoms with Gasteiger partial charge in [0.15, 0.2) is 0 Å². The summed E-state index contributed by atoms with van der Waals surface area (Å²) in [6, 6.07) is 4.86. The third-order valence-electron chi connectivity index (χ3n) is 3.70. The van der Waals surface area contributed by atoms with Crippen molar-refractivity contribution in [1.29, 1.82) is 0 Å². The number of piperidine rings is 1. The maximum atomic E-state index is 12.8. The first-order valence-electron chi connectivity index (χ1n) is 6.74. The number of ether oxygens (including phenoxy) is 2. The van der Waals surface area contributed by atoms with E-state index in [2.05, 4.69) is 0 Å². The highest BCUT2D eigenvalue weighted by Crippen LogP contribution is 2.33. The van der Waals surface area contributed by atoms with Gasteiger partial charge >= 0.3 is 0 Å². The molecule has 6 heteroatoms. The van der Waals surface area contributed by atoms with E-state index in [1.807, 2.05) is 6.92 Å². The third kappa shape index (κ3) is 2.76.